The molecule has 3 N–H and O–H groups in total. The van der Waals surface area contributed by atoms with Crippen LogP contribution in [0, 0.1) is 11.3 Å². The van der Waals surface area contributed by atoms with Crippen LogP contribution in [-0.4, -0.2) is 52.0 Å². The van der Waals surface area contributed by atoms with Crippen molar-refractivity contribution in [3.05, 3.63) is 11.3 Å². The average molecular weight is 425 g/mol. The SMILES string of the molecule is CC(C)CC(=NCCC(NC(=O)OC(C)(C)C)C(=O)O)C1=C(O)CC(C)(C)CC1=O. The number of ether oxygens (including phenoxy) is 1. The number of hydrogen-bond acceptors (Lipinski definition) is 6. The zero-order valence-corrected chi connectivity index (χ0v) is 19.2. The Morgan fingerprint density at radius 1 is 1.23 bits per heavy atom. The molecule has 0 aliphatic heterocycles. The van der Waals surface area contributed by atoms with Crippen LogP contribution in [0.25, 0.3) is 0 Å². The smallest absolute Gasteiger partial charge is 0.408 e. The minimum absolute atomic E-state index is 0.0316. The maximum atomic E-state index is 12.7. The van der Waals surface area contributed by atoms with E-state index in [1.807, 2.05) is 27.7 Å². The highest BCUT2D eigenvalue weighted by Crippen LogP contribution is 2.36. The second-order valence-electron chi connectivity index (χ2n) is 10.0. The molecule has 0 radical (unpaired) electrons. The van der Waals surface area contributed by atoms with Crippen LogP contribution in [0.5, 0.6) is 0 Å². The van der Waals surface area contributed by atoms with Crippen LogP contribution in [0.15, 0.2) is 16.3 Å². The molecule has 0 aromatic rings. The molecule has 30 heavy (non-hydrogen) atoms. The van der Waals surface area contributed by atoms with Crippen molar-refractivity contribution in [3.63, 3.8) is 0 Å². The highest BCUT2D eigenvalue weighted by Gasteiger charge is 2.35. The molecule has 8 heteroatoms. The maximum Gasteiger partial charge on any atom is 0.408 e. The van der Waals surface area contributed by atoms with Crippen molar-refractivity contribution in [1.82, 2.24) is 5.32 Å². The summed E-state index contributed by atoms with van der Waals surface area (Å²) in [6.07, 6.45) is 0.420. The van der Waals surface area contributed by atoms with Gasteiger partial charge in [-0.2, -0.15) is 0 Å². The highest BCUT2D eigenvalue weighted by molar-refractivity contribution is 6.23. The number of carbonyl (C=O) groups is 3. The van der Waals surface area contributed by atoms with Gasteiger partial charge in [0.05, 0.1) is 5.57 Å². The fraction of sp³-hybridized carbons (Fsp3) is 0.727. The Bertz CT molecular complexity index is 728. The largest absolute Gasteiger partial charge is 0.511 e. The van der Waals surface area contributed by atoms with Crippen molar-refractivity contribution in [2.24, 2.45) is 16.3 Å². The number of carboxylic acid groups (broad SMARTS) is 1. The molecule has 8 nitrogen and oxygen atoms in total. The molecule has 170 valence electrons. The summed E-state index contributed by atoms with van der Waals surface area (Å²) < 4.78 is 5.11. The monoisotopic (exact) mass is 424 g/mol. The summed E-state index contributed by atoms with van der Waals surface area (Å²) >= 11 is 0. The lowest BCUT2D eigenvalue weighted by Crippen LogP contribution is -2.43. The Morgan fingerprint density at radius 3 is 2.30 bits per heavy atom. The first-order chi connectivity index (χ1) is 13.6. The summed E-state index contributed by atoms with van der Waals surface area (Å²) in [5.74, 6) is -1.11. The van der Waals surface area contributed by atoms with Crippen LogP contribution in [0.2, 0.25) is 0 Å². The van der Waals surface area contributed by atoms with Gasteiger partial charge in [-0.25, -0.2) is 9.59 Å². The maximum absolute atomic E-state index is 12.7. The molecule has 0 bridgehead atoms. The second kappa shape index (κ2) is 10.1. The zero-order valence-electron chi connectivity index (χ0n) is 19.2. The number of rotatable bonds is 8. The number of Topliss-reactive ketones (excluding diaryl/α,β-unsaturated/α-hetero) is 1. The fourth-order valence-corrected chi connectivity index (χ4v) is 3.28. The minimum atomic E-state index is -1.20. The van der Waals surface area contributed by atoms with Gasteiger partial charge in [0.25, 0.3) is 0 Å². The number of aliphatic carboxylic acids is 1. The number of amides is 1. The van der Waals surface area contributed by atoms with Crippen molar-refractivity contribution in [3.8, 4) is 0 Å². The number of carbonyl (C=O) groups excluding carboxylic acids is 2. The number of hydrogen-bond donors (Lipinski definition) is 3. The molecule has 0 fully saturated rings. The predicted molar refractivity (Wildman–Crippen MR) is 115 cm³/mol. The standard InChI is InChI=1S/C22H36N2O6/c1-13(2)10-15(18-16(25)11-22(6,7)12-17(18)26)23-9-8-14(19(27)28)24-20(29)30-21(3,4)5/h13-14,25H,8-12H2,1-7H3,(H,24,29)(H,27,28). The molecule has 0 heterocycles. The van der Waals surface area contributed by atoms with Crippen molar-refractivity contribution < 1.29 is 29.3 Å². The molecule has 0 aromatic heterocycles. The molecule has 0 saturated carbocycles. The van der Waals surface area contributed by atoms with Gasteiger partial charge in [-0.1, -0.05) is 27.7 Å². The molecule has 0 saturated heterocycles. The molecule has 1 atom stereocenters. The molecule has 1 rings (SSSR count). The van der Waals surface area contributed by atoms with Crippen molar-refractivity contribution in [1.29, 1.82) is 0 Å². The second-order valence-corrected chi connectivity index (χ2v) is 10.0. The molecule has 1 aliphatic carbocycles. The predicted octanol–water partition coefficient (Wildman–Crippen LogP) is 4.04. The van der Waals surface area contributed by atoms with Crippen LogP contribution in [-0.2, 0) is 14.3 Å². The summed E-state index contributed by atoms with van der Waals surface area (Å²) in [5.41, 5.74) is -0.298. The molecule has 1 aliphatic rings. The Kier molecular flexibility index (Phi) is 8.63. The van der Waals surface area contributed by atoms with E-state index in [1.165, 1.54) is 0 Å². The zero-order chi connectivity index (χ0) is 23.3. The van der Waals surface area contributed by atoms with Crippen molar-refractivity contribution in [2.75, 3.05) is 6.54 Å². The average Bonchev–Trinajstić information content (AvgIpc) is 2.49. The summed E-state index contributed by atoms with van der Waals surface area (Å²) in [6, 6.07) is -1.17. The summed E-state index contributed by atoms with van der Waals surface area (Å²) in [4.78, 5) is 40.5. The number of alkyl carbamates (subject to hydrolysis) is 1. The molecular weight excluding hydrogens is 388 g/mol. The first-order valence-corrected chi connectivity index (χ1v) is 10.3. The molecule has 1 unspecified atom stereocenters. The molecule has 0 spiro atoms. The first-order valence-electron chi connectivity index (χ1n) is 10.3. The number of allylic oxidation sites excluding steroid dienone is 2. The third-order valence-corrected chi connectivity index (χ3v) is 4.45. The van der Waals surface area contributed by atoms with Gasteiger partial charge in [-0.15, -0.1) is 0 Å². The number of aliphatic hydroxyl groups is 1. The Hall–Kier alpha value is -2.38. The molecular formula is C22H36N2O6. The van der Waals surface area contributed by atoms with E-state index in [-0.39, 0.29) is 41.4 Å². The number of nitrogens with one attached hydrogen (secondary N) is 1. The highest BCUT2D eigenvalue weighted by atomic mass is 16.6. The Labute approximate surface area is 178 Å². The third kappa shape index (κ3) is 8.55. The number of nitrogens with zero attached hydrogens (tertiary/aromatic N) is 1. The third-order valence-electron chi connectivity index (χ3n) is 4.45. The lowest BCUT2D eigenvalue weighted by atomic mass is 9.75. The van der Waals surface area contributed by atoms with E-state index in [0.29, 0.717) is 25.0 Å². The number of aliphatic hydroxyl groups excluding tert-OH is 1. The van der Waals surface area contributed by atoms with Crippen LogP contribution in [0.3, 0.4) is 0 Å². The van der Waals surface area contributed by atoms with Gasteiger partial charge in [0.1, 0.15) is 17.4 Å². The summed E-state index contributed by atoms with van der Waals surface area (Å²) in [5, 5.41) is 22.2. The van der Waals surface area contributed by atoms with Gasteiger partial charge < -0.3 is 20.3 Å². The van der Waals surface area contributed by atoms with Gasteiger partial charge in [0.2, 0.25) is 0 Å². The van der Waals surface area contributed by atoms with E-state index >= 15 is 0 Å². The quantitative estimate of drug-likeness (QED) is 0.505. The van der Waals surface area contributed by atoms with Crippen LogP contribution < -0.4 is 5.32 Å². The lowest BCUT2D eigenvalue weighted by molar-refractivity contribution is -0.139. The van der Waals surface area contributed by atoms with E-state index in [1.54, 1.807) is 20.8 Å². The van der Waals surface area contributed by atoms with Crippen LogP contribution >= 0.6 is 0 Å². The van der Waals surface area contributed by atoms with Gasteiger partial charge >= 0.3 is 12.1 Å². The first kappa shape index (κ1) is 25.7. The van der Waals surface area contributed by atoms with Gasteiger partial charge in [-0.3, -0.25) is 9.79 Å². The number of aliphatic imine (C=N–C) groups is 1. The minimum Gasteiger partial charge on any atom is -0.511 e. The van der Waals surface area contributed by atoms with Crippen LogP contribution in [0.1, 0.15) is 74.1 Å². The van der Waals surface area contributed by atoms with E-state index in [2.05, 4.69) is 10.3 Å². The Balaban J connectivity index is 2.98. The number of carboxylic acids is 1. The fourth-order valence-electron chi connectivity index (χ4n) is 3.28. The van der Waals surface area contributed by atoms with Gasteiger partial charge in [0.15, 0.2) is 5.78 Å². The van der Waals surface area contributed by atoms with E-state index in [0.717, 1.165) is 0 Å². The van der Waals surface area contributed by atoms with Crippen molar-refractivity contribution >= 4 is 23.6 Å². The van der Waals surface area contributed by atoms with Crippen molar-refractivity contribution in [2.45, 2.75) is 85.8 Å². The topological polar surface area (TPSA) is 125 Å². The van der Waals surface area contributed by atoms with Gasteiger partial charge in [-0.05, 0) is 44.9 Å². The molecule has 0 aromatic carbocycles. The lowest BCUT2D eigenvalue weighted by Gasteiger charge is -2.30. The van der Waals surface area contributed by atoms with Crippen LogP contribution in [0.4, 0.5) is 4.79 Å². The normalized spacial score (nSPS) is 18.4. The molecule has 1 amide bonds. The van der Waals surface area contributed by atoms with E-state index in [4.69, 9.17) is 4.74 Å². The van der Waals surface area contributed by atoms with E-state index in [9.17, 15) is 24.6 Å². The van der Waals surface area contributed by atoms with Gasteiger partial charge in [0, 0.05) is 25.1 Å². The van der Waals surface area contributed by atoms with E-state index < -0.39 is 23.7 Å². The summed E-state index contributed by atoms with van der Waals surface area (Å²) in [7, 11) is 0. The number of ketones is 1. The Morgan fingerprint density at radius 2 is 1.83 bits per heavy atom. The summed E-state index contributed by atoms with van der Waals surface area (Å²) in [6.45, 7) is 13.0.